The number of aromatic nitrogens is 2. The summed E-state index contributed by atoms with van der Waals surface area (Å²) in [5, 5.41) is 3.91. The Morgan fingerprint density at radius 1 is 1.29 bits per heavy atom. The van der Waals surface area contributed by atoms with Crippen molar-refractivity contribution in [1.29, 1.82) is 0 Å². The van der Waals surface area contributed by atoms with E-state index in [1.54, 1.807) is 0 Å². The Hall–Kier alpha value is -1.92. The molecule has 0 fully saturated rings. The van der Waals surface area contributed by atoms with Gasteiger partial charge in [-0.1, -0.05) is 30.3 Å². The van der Waals surface area contributed by atoms with Crippen LogP contribution in [0.15, 0.2) is 34.9 Å². The number of hydrogen-bond acceptors (Lipinski definition) is 6. The first-order valence-electron chi connectivity index (χ1n) is 6.99. The number of nitrogens with two attached hydrogens (primary N) is 1. The summed E-state index contributed by atoms with van der Waals surface area (Å²) in [6, 6.07) is 9.45. The predicted molar refractivity (Wildman–Crippen MR) is 77.7 cm³/mol. The Morgan fingerprint density at radius 2 is 2.05 bits per heavy atom. The summed E-state index contributed by atoms with van der Waals surface area (Å²) >= 11 is 0. The molecule has 0 radical (unpaired) electrons. The fraction of sp³-hybridized carbons (Fsp3) is 0.467. The van der Waals surface area contributed by atoms with Gasteiger partial charge in [0, 0.05) is 6.61 Å². The second-order valence-electron chi connectivity index (χ2n) is 5.08. The van der Waals surface area contributed by atoms with Crippen LogP contribution in [0.1, 0.15) is 32.0 Å². The molecule has 0 aliphatic heterocycles. The third-order valence-corrected chi connectivity index (χ3v) is 2.83. The quantitative estimate of drug-likeness (QED) is 0.751. The van der Waals surface area contributed by atoms with Crippen LogP contribution >= 0.6 is 0 Å². The smallest absolute Gasteiger partial charge is 0.264 e. The van der Waals surface area contributed by atoms with E-state index in [0.717, 1.165) is 12.2 Å². The zero-order valence-electron chi connectivity index (χ0n) is 12.4. The summed E-state index contributed by atoms with van der Waals surface area (Å²) in [7, 11) is 0. The van der Waals surface area contributed by atoms with Crippen LogP contribution in [0.5, 0.6) is 5.75 Å². The molecular weight excluding hydrogens is 270 g/mol. The summed E-state index contributed by atoms with van der Waals surface area (Å²) in [4.78, 5) is 4.27. The molecule has 6 heteroatoms. The van der Waals surface area contributed by atoms with Crippen LogP contribution in [-0.4, -0.2) is 23.4 Å². The first-order chi connectivity index (χ1) is 10.1. The molecule has 0 amide bonds. The van der Waals surface area contributed by atoms with E-state index in [2.05, 4.69) is 10.1 Å². The number of benzene rings is 1. The molecule has 1 aromatic carbocycles. The average molecular weight is 291 g/mol. The molecule has 6 nitrogen and oxygen atoms in total. The third kappa shape index (κ3) is 4.54. The van der Waals surface area contributed by atoms with E-state index in [9.17, 15) is 0 Å². The van der Waals surface area contributed by atoms with Crippen LogP contribution in [-0.2, 0) is 16.9 Å². The highest BCUT2D eigenvalue weighted by atomic mass is 16.5. The second-order valence-corrected chi connectivity index (χ2v) is 5.08. The van der Waals surface area contributed by atoms with Crippen LogP contribution in [0.2, 0.25) is 0 Å². The molecule has 21 heavy (non-hydrogen) atoms. The van der Waals surface area contributed by atoms with Crippen molar-refractivity contribution < 1.29 is 14.0 Å². The Balaban J connectivity index is 1.91. The maximum absolute atomic E-state index is 6.15. The van der Waals surface area contributed by atoms with Crippen LogP contribution < -0.4 is 10.5 Å². The average Bonchev–Trinajstić information content (AvgIpc) is 2.96. The Labute approximate surface area is 124 Å². The molecule has 0 aliphatic rings. The van der Waals surface area contributed by atoms with Crippen molar-refractivity contribution in [2.75, 3.05) is 13.2 Å². The maximum atomic E-state index is 6.15. The highest BCUT2D eigenvalue weighted by Crippen LogP contribution is 2.16. The largest absolute Gasteiger partial charge is 0.484 e. The highest BCUT2D eigenvalue weighted by molar-refractivity contribution is 5.20. The summed E-state index contributed by atoms with van der Waals surface area (Å²) in [5.41, 5.74) is 5.37. The van der Waals surface area contributed by atoms with Gasteiger partial charge >= 0.3 is 0 Å². The fourth-order valence-corrected chi connectivity index (χ4v) is 1.70. The summed E-state index contributed by atoms with van der Waals surface area (Å²) in [6.45, 7) is 5.08. The molecule has 0 saturated carbocycles. The molecular formula is C15H21N3O3. The lowest BCUT2D eigenvalue weighted by molar-refractivity contribution is 0.0867. The molecule has 1 aromatic heterocycles. The molecule has 0 bridgehead atoms. The van der Waals surface area contributed by atoms with Crippen molar-refractivity contribution in [3.05, 3.63) is 42.0 Å². The monoisotopic (exact) mass is 291 g/mol. The Bertz CT molecular complexity index is 540. The van der Waals surface area contributed by atoms with Gasteiger partial charge in [0.1, 0.15) is 11.3 Å². The third-order valence-electron chi connectivity index (χ3n) is 2.83. The summed E-state index contributed by atoms with van der Waals surface area (Å²) < 4.78 is 16.2. The van der Waals surface area contributed by atoms with E-state index in [1.807, 2.05) is 44.2 Å². The van der Waals surface area contributed by atoms with E-state index < -0.39 is 5.54 Å². The van der Waals surface area contributed by atoms with E-state index in [1.165, 1.54) is 0 Å². The molecule has 0 saturated heterocycles. The summed E-state index contributed by atoms with van der Waals surface area (Å²) in [5.74, 6) is 1.56. The predicted octanol–water partition coefficient (Wildman–Crippen LogP) is 2.25. The fourth-order valence-electron chi connectivity index (χ4n) is 1.70. The Morgan fingerprint density at radius 3 is 2.76 bits per heavy atom. The molecule has 0 aliphatic carbocycles. The topological polar surface area (TPSA) is 83.4 Å². The van der Waals surface area contributed by atoms with Gasteiger partial charge in [-0.2, -0.15) is 4.98 Å². The van der Waals surface area contributed by atoms with E-state index >= 15 is 0 Å². The number of ether oxygens (including phenoxy) is 2. The molecule has 2 N–H and O–H groups in total. The van der Waals surface area contributed by atoms with Crippen molar-refractivity contribution in [2.45, 2.75) is 32.4 Å². The van der Waals surface area contributed by atoms with Crippen LogP contribution in [0.25, 0.3) is 0 Å². The molecule has 1 unspecified atom stereocenters. The molecule has 0 spiro atoms. The first-order valence-corrected chi connectivity index (χ1v) is 6.99. The van der Waals surface area contributed by atoms with Gasteiger partial charge in [-0.3, -0.25) is 0 Å². The standard InChI is InChI=1S/C15H21N3O3/c1-3-9-19-11-15(2,16)14-17-13(21-18-14)10-20-12-7-5-4-6-8-12/h4-8H,3,9-11,16H2,1-2H3. The summed E-state index contributed by atoms with van der Waals surface area (Å²) in [6.07, 6.45) is 0.943. The minimum atomic E-state index is -0.774. The number of nitrogens with zero attached hydrogens (tertiary/aromatic N) is 2. The van der Waals surface area contributed by atoms with Crippen molar-refractivity contribution in [3.63, 3.8) is 0 Å². The van der Waals surface area contributed by atoms with Crippen molar-refractivity contribution in [1.82, 2.24) is 10.1 Å². The molecule has 114 valence electrons. The van der Waals surface area contributed by atoms with Gasteiger partial charge in [0.15, 0.2) is 12.4 Å². The van der Waals surface area contributed by atoms with Crippen molar-refractivity contribution in [2.24, 2.45) is 5.73 Å². The van der Waals surface area contributed by atoms with Gasteiger partial charge in [-0.05, 0) is 25.5 Å². The molecule has 2 rings (SSSR count). The molecule has 1 atom stereocenters. The van der Waals surface area contributed by atoms with Gasteiger partial charge in [-0.15, -0.1) is 0 Å². The van der Waals surface area contributed by atoms with Gasteiger partial charge in [0.25, 0.3) is 5.89 Å². The van der Waals surface area contributed by atoms with E-state index in [0.29, 0.717) is 24.9 Å². The first kappa shape index (κ1) is 15.5. The SMILES string of the molecule is CCCOCC(C)(N)c1noc(COc2ccccc2)n1. The van der Waals surface area contributed by atoms with Gasteiger partial charge in [-0.25, -0.2) is 0 Å². The van der Waals surface area contributed by atoms with Gasteiger partial charge < -0.3 is 19.7 Å². The lowest BCUT2D eigenvalue weighted by atomic mass is 10.1. The zero-order valence-corrected chi connectivity index (χ0v) is 12.4. The minimum Gasteiger partial charge on any atom is -0.484 e. The van der Waals surface area contributed by atoms with E-state index in [-0.39, 0.29) is 6.61 Å². The number of rotatable bonds is 8. The van der Waals surface area contributed by atoms with Crippen molar-refractivity contribution in [3.8, 4) is 5.75 Å². The van der Waals surface area contributed by atoms with Crippen LogP contribution in [0.3, 0.4) is 0 Å². The number of hydrogen-bond donors (Lipinski definition) is 1. The zero-order chi connectivity index (χ0) is 15.1. The van der Waals surface area contributed by atoms with Gasteiger partial charge in [0.2, 0.25) is 0 Å². The van der Waals surface area contributed by atoms with Crippen LogP contribution in [0, 0.1) is 0 Å². The van der Waals surface area contributed by atoms with Gasteiger partial charge in [0.05, 0.1) is 6.61 Å². The van der Waals surface area contributed by atoms with E-state index in [4.69, 9.17) is 19.7 Å². The minimum absolute atomic E-state index is 0.211. The second kappa shape index (κ2) is 7.19. The Kier molecular flexibility index (Phi) is 5.30. The van der Waals surface area contributed by atoms with Crippen LogP contribution in [0.4, 0.5) is 0 Å². The highest BCUT2D eigenvalue weighted by Gasteiger charge is 2.28. The lowest BCUT2D eigenvalue weighted by Gasteiger charge is -2.19. The maximum Gasteiger partial charge on any atom is 0.264 e. The normalized spacial score (nSPS) is 13.9. The lowest BCUT2D eigenvalue weighted by Crippen LogP contribution is -2.39. The van der Waals surface area contributed by atoms with Crippen molar-refractivity contribution >= 4 is 0 Å². The molecule has 2 aromatic rings. The number of para-hydroxylation sites is 1. The molecule has 1 heterocycles.